The fourth-order valence-electron chi connectivity index (χ4n) is 2.94. The Morgan fingerprint density at radius 3 is 2.41 bits per heavy atom. The minimum absolute atomic E-state index is 0.0834. The van der Waals surface area contributed by atoms with Crippen molar-refractivity contribution in [3.05, 3.63) is 0 Å². The monoisotopic (exact) mass is 239 g/mol. The first-order valence-electron chi connectivity index (χ1n) is 6.40. The number of carbonyl (C=O) groups excluding carboxylic acids is 2. The fraction of sp³-hybridized carbons (Fsp3) is 0.833. The molecule has 2 aliphatic heterocycles. The molecule has 1 N–H and O–H groups in total. The van der Waals surface area contributed by atoms with Gasteiger partial charge in [-0.2, -0.15) is 0 Å². The molecule has 0 aromatic heterocycles. The van der Waals surface area contributed by atoms with E-state index in [9.17, 15) is 9.59 Å². The van der Waals surface area contributed by atoms with Gasteiger partial charge in [-0.1, -0.05) is 0 Å². The van der Waals surface area contributed by atoms with Crippen LogP contribution in [0.2, 0.25) is 0 Å². The molecule has 2 aliphatic rings. The van der Waals surface area contributed by atoms with Crippen LogP contribution in [0.3, 0.4) is 0 Å². The molecular formula is C12H21N3O2. The summed E-state index contributed by atoms with van der Waals surface area (Å²) in [7, 11) is 1.85. The molecular weight excluding hydrogens is 218 g/mol. The summed E-state index contributed by atoms with van der Waals surface area (Å²) < 4.78 is 0. The summed E-state index contributed by atoms with van der Waals surface area (Å²) in [4.78, 5) is 25.7. The average Bonchev–Trinajstić information content (AvgIpc) is 2.96. The lowest BCUT2D eigenvalue weighted by molar-refractivity contribution is -0.141. The quantitative estimate of drug-likeness (QED) is 0.762. The van der Waals surface area contributed by atoms with Gasteiger partial charge in [-0.25, -0.2) is 5.01 Å². The second-order valence-electron chi connectivity index (χ2n) is 4.88. The van der Waals surface area contributed by atoms with Crippen LogP contribution in [0.15, 0.2) is 0 Å². The molecule has 2 saturated heterocycles. The summed E-state index contributed by atoms with van der Waals surface area (Å²) in [5.41, 5.74) is 3.06. The van der Waals surface area contributed by atoms with Crippen LogP contribution in [0.1, 0.15) is 32.6 Å². The van der Waals surface area contributed by atoms with Crippen LogP contribution in [-0.2, 0) is 9.59 Å². The van der Waals surface area contributed by atoms with E-state index in [1.54, 1.807) is 11.8 Å². The van der Waals surface area contributed by atoms with Crippen LogP contribution in [0, 0.1) is 0 Å². The number of nitrogens with one attached hydrogen (secondary N) is 1. The van der Waals surface area contributed by atoms with Crippen molar-refractivity contribution < 1.29 is 9.59 Å². The van der Waals surface area contributed by atoms with Gasteiger partial charge in [0.15, 0.2) is 5.78 Å². The van der Waals surface area contributed by atoms with Crippen molar-refractivity contribution in [2.45, 2.75) is 44.7 Å². The van der Waals surface area contributed by atoms with Gasteiger partial charge >= 0.3 is 0 Å². The summed E-state index contributed by atoms with van der Waals surface area (Å²) >= 11 is 0. The van der Waals surface area contributed by atoms with E-state index in [0.29, 0.717) is 0 Å². The molecule has 0 aliphatic carbocycles. The number of hydrazine groups is 1. The van der Waals surface area contributed by atoms with E-state index in [2.05, 4.69) is 5.43 Å². The Morgan fingerprint density at radius 2 is 1.76 bits per heavy atom. The molecule has 0 saturated carbocycles. The van der Waals surface area contributed by atoms with Crippen LogP contribution in [0.4, 0.5) is 0 Å². The molecule has 5 nitrogen and oxygen atoms in total. The van der Waals surface area contributed by atoms with E-state index in [4.69, 9.17) is 0 Å². The van der Waals surface area contributed by atoms with Gasteiger partial charge in [0.25, 0.3) is 0 Å². The highest BCUT2D eigenvalue weighted by Crippen LogP contribution is 2.23. The molecule has 96 valence electrons. The molecule has 0 bridgehead atoms. The maximum absolute atomic E-state index is 12.4. The SMILES string of the molecule is CNN1CCCC1C(=O)N1CCCC1C(C)=O. The van der Waals surface area contributed by atoms with Gasteiger partial charge in [0.1, 0.15) is 6.04 Å². The third kappa shape index (κ3) is 2.35. The lowest BCUT2D eigenvalue weighted by Gasteiger charge is -2.29. The van der Waals surface area contributed by atoms with E-state index in [0.717, 1.165) is 38.8 Å². The standard InChI is InChI=1S/C12H21N3O2/c1-9(16)10-5-3-7-14(10)12(17)11-6-4-8-15(11)13-2/h10-11,13H,3-8H2,1-2H3. The average molecular weight is 239 g/mol. The van der Waals surface area contributed by atoms with Crippen molar-refractivity contribution in [1.29, 1.82) is 0 Å². The van der Waals surface area contributed by atoms with Gasteiger partial charge in [-0.05, 0) is 39.7 Å². The predicted octanol–water partition coefficient (Wildman–Crippen LogP) is 0.165. The Labute approximate surface area is 102 Å². The van der Waals surface area contributed by atoms with Crippen LogP contribution in [0.5, 0.6) is 0 Å². The Hall–Kier alpha value is -0.940. The molecule has 2 fully saturated rings. The summed E-state index contributed by atoms with van der Waals surface area (Å²) in [5.74, 6) is 0.236. The van der Waals surface area contributed by atoms with Crippen molar-refractivity contribution in [2.75, 3.05) is 20.1 Å². The summed E-state index contributed by atoms with van der Waals surface area (Å²) in [6, 6.07) is -0.262. The normalized spacial score (nSPS) is 29.9. The van der Waals surface area contributed by atoms with Crippen molar-refractivity contribution in [1.82, 2.24) is 15.3 Å². The van der Waals surface area contributed by atoms with E-state index < -0.39 is 0 Å². The summed E-state index contributed by atoms with van der Waals surface area (Å²) in [6.45, 7) is 3.23. The number of rotatable bonds is 3. The van der Waals surface area contributed by atoms with Crippen LogP contribution < -0.4 is 5.43 Å². The fourth-order valence-corrected chi connectivity index (χ4v) is 2.94. The maximum atomic E-state index is 12.4. The maximum Gasteiger partial charge on any atom is 0.241 e. The first-order chi connectivity index (χ1) is 8.15. The Kier molecular flexibility index (Phi) is 3.79. The molecule has 0 radical (unpaired) electrons. The highest BCUT2D eigenvalue weighted by Gasteiger charge is 2.39. The molecule has 2 rings (SSSR count). The minimum atomic E-state index is -0.179. The second kappa shape index (κ2) is 5.14. The van der Waals surface area contributed by atoms with Gasteiger partial charge in [0.05, 0.1) is 6.04 Å². The number of carbonyl (C=O) groups is 2. The zero-order valence-corrected chi connectivity index (χ0v) is 10.6. The van der Waals surface area contributed by atoms with Crippen molar-refractivity contribution in [2.24, 2.45) is 0 Å². The van der Waals surface area contributed by atoms with Gasteiger partial charge < -0.3 is 4.90 Å². The molecule has 2 unspecified atom stereocenters. The smallest absolute Gasteiger partial charge is 0.241 e. The lowest BCUT2D eigenvalue weighted by Crippen LogP contribution is -2.52. The van der Waals surface area contributed by atoms with Gasteiger partial charge in [-0.15, -0.1) is 0 Å². The third-order valence-corrected chi connectivity index (χ3v) is 3.83. The molecule has 5 heteroatoms. The molecule has 17 heavy (non-hydrogen) atoms. The molecule has 0 aromatic rings. The molecule has 2 atom stereocenters. The van der Waals surface area contributed by atoms with Gasteiger partial charge in [-0.3, -0.25) is 15.0 Å². The number of hydrogen-bond donors (Lipinski definition) is 1. The highest BCUT2D eigenvalue weighted by atomic mass is 16.2. The Bertz CT molecular complexity index is 319. The van der Waals surface area contributed by atoms with Crippen molar-refractivity contribution >= 4 is 11.7 Å². The van der Waals surface area contributed by atoms with Gasteiger partial charge in [0.2, 0.25) is 5.91 Å². The van der Waals surface area contributed by atoms with Crippen LogP contribution in [0.25, 0.3) is 0 Å². The lowest BCUT2D eigenvalue weighted by atomic mass is 10.1. The van der Waals surface area contributed by atoms with E-state index in [1.165, 1.54) is 0 Å². The number of hydrogen-bond acceptors (Lipinski definition) is 4. The number of nitrogens with zero attached hydrogens (tertiary/aromatic N) is 2. The first-order valence-corrected chi connectivity index (χ1v) is 6.40. The topological polar surface area (TPSA) is 52.7 Å². The number of likely N-dealkylation sites (tertiary alicyclic amines) is 1. The Balaban J connectivity index is 2.06. The van der Waals surface area contributed by atoms with Crippen molar-refractivity contribution in [3.63, 3.8) is 0 Å². The largest absolute Gasteiger partial charge is 0.331 e. The second-order valence-corrected chi connectivity index (χ2v) is 4.88. The zero-order valence-electron chi connectivity index (χ0n) is 10.6. The van der Waals surface area contributed by atoms with Crippen LogP contribution >= 0.6 is 0 Å². The van der Waals surface area contributed by atoms with Crippen LogP contribution in [-0.4, -0.2) is 53.8 Å². The summed E-state index contributed by atoms with van der Waals surface area (Å²) in [6.07, 6.45) is 3.70. The van der Waals surface area contributed by atoms with E-state index >= 15 is 0 Å². The third-order valence-electron chi connectivity index (χ3n) is 3.83. The van der Waals surface area contributed by atoms with E-state index in [-0.39, 0.29) is 23.8 Å². The number of amides is 1. The first kappa shape index (κ1) is 12.5. The predicted molar refractivity (Wildman–Crippen MR) is 64.2 cm³/mol. The van der Waals surface area contributed by atoms with Crippen molar-refractivity contribution in [3.8, 4) is 0 Å². The number of ketones is 1. The Morgan fingerprint density at radius 1 is 1.12 bits per heavy atom. The molecule has 1 amide bonds. The number of Topliss-reactive ketones (excluding diaryl/α,β-unsaturated/α-hetero) is 1. The van der Waals surface area contributed by atoms with E-state index in [1.807, 2.05) is 12.1 Å². The highest BCUT2D eigenvalue weighted by molar-refractivity contribution is 5.90. The summed E-state index contributed by atoms with van der Waals surface area (Å²) in [5, 5.41) is 1.98. The minimum Gasteiger partial charge on any atom is -0.331 e. The zero-order chi connectivity index (χ0) is 12.4. The molecule has 0 aromatic carbocycles. The molecule has 0 spiro atoms. The van der Waals surface area contributed by atoms with Gasteiger partial charge in [0, 0.05) is 13.1 Å². The molecule has 2 heterocycles.